The summed E-state index contributed by atoms with van der Waals surface area (Å²) in [6.07, 6.45) is 2.06. The topological polar surface area (TPSA) is 107 Å². The van der Waals surface area contributed by atoms with Gasteiger partial charge in [-0.2, -0.15) is 5.10 Å². The minimum atomic E-state index is -1.46. The first-order valence-corrected chi connectivity index (χ1v) is 4.33. The van der Waals surface area contributed by atoms with E-state index in [-0.39, 0.29) is 12.3 Å². The number of carbonyl (C=O) groups is 1. The Labute approximate surface area is 90.6 Å². The minimum Gasteiger partial charge on any atom is -0.479 e. The van der Waals surface area contributed by atoms with Crippen LogP contribution in [-0.4, -0.2) is 39.5 Å². The monoisotopic (exact) mass is 229 g/mol. The second kappa shape index (κ2) is 4.27. The van der Waals surface area contributed by atoms with Crippen LogP contribution in [0.5, 0.6) is 0 Å². The van der Waals surface area contributed by atoms with Gasteiger partial charge >= 0.3 is 11.7 Å². The maximum absolute atomic E-state index is 11.1. The van der Waals surface area contributed by atoms with E-state index < -0.39 is 16.4 Å². The number of ether oxygens (including phenoxy) is 1. The third-order valence-electron chi connectivity index (χ3n) is 2.17. The van der Waals surface area contributed by atoms with E-state index in [1.807, 2.05) is 0 Å². The SMILES string of the molecule is COCC(C)(C(=O)O)n1cc([N+](=O)[O-])cn1. The highest BCUT2D eigenvalue weighted by Crippen LogP contribution is 2.19. The Morgan fingerprint density at radius 2 is 2.44 bits per heavy atom. The lowest BCUT2D eigenvalue weighted by molar-refractivity contribution is -0.385. The number of aliphatic carboxylic acids is 1. The van der Waals surface area contributed by atoms with Crippen LogP contribution in [0.25, 0.3) is 0 Å². The van der Waals surface area contributed by atoms with Crippen LogP contribution in [0.4, 0.5) is 5.69 Å². The zero-order valence-electron chi connectivity index (χ0n) is 8.78. The van der Waals surface area contributed by atoms with E-state index in [1.54, 1.807) is 0 Å². The standard InChI is InChI=1S/C8H11N3O5/c1-8(5-16-2,7(12)13)10-4-6(3-9-10)11(14)15/h3-4H,5H2,1-2H3,(H,12,13). The van der Waals surface area contributed by atoms with Gasteiger partial charge in [0.1, 0.15) is 12.4 Å². The normalized spacial score (nSPS) is 14.4. The van der Waals surface area contributed by atoms with Gasteiger partial charge in [-0.05, 0) is 6.92 Å². The molecule has 0 radical (unpaired) electrons. The van der Waals surface area contributed by atoms with E-state index in [0.717, 1.165) is 17.1 Å². The van der Waals surface area contributed by atoms with Crippen LogP contribution in [0.15, 0.2) is 12.4 Å². The molecule has 16 heavy (non-hydrogen) atoms. The van der Waals surface area contributed by atoms with Crippen molar-refractivity contribution in [2.45, 2.75) is 12.5 Å². The molecule has 1 atom stereocenters. The average molecular weight is 229 g/mol. The van der Waals surface area contributed by atoms with Crippen LogP contribution < -0.4 is 0 Å². The maximum atomic E-state index is 11.1. The molecule has 0 fully saturated rings. The fraction of sp³-hybridized carbons (Fsp3) is 0.500. The highest BCUT2D eigenvalue weighted by Gasteiger charge is 2.37. The second-order valence-corrected chi connectivity index (χ2v) is 3.41. The van der Waals surface area contributed by atoms with Crippen molar-refractivity contribution in [2.75, 3.05) is 13.7 Å². The van der Waals surface area contributed by atoms with Crippen molar-refractivity contribution in [3.63, 3.8) is 0 Å². The molecule has 1 aromatic rings. The predicted octanol–water partition coefficient (Wildman–Crippen LogP) is 0.237. The highest BCUT2D eigenvalue weighted by molar-refractivity contribution is 5.76. The Morgan fingerprint density at radius 1 is 1.81 bits per heavy atom. The molecule has 0 bridgehead atoms. The van der Waals surface area contributed by atoms with Gasteiger partial charge in [0.25, 0.3) is 0 Å². The van der Waals surface area contributed by atoms with Crippen LogP contribution in [0.1, 0.15) is 6.92 Å². The van der Waals surface area contributed by atoms with Gasteiger partial charge in [-0.1, -0.05) is 0 Å². The Morgan fingerprint density at radius 3 is 2.81 bits per heavy atom. The molecule has 1 unspecified atom stereocenters. The summed E-state index contributed by atoms with van der Waals surface area (Å²) in [6.45, 7) is 1.23. The summed E-state index contributed by atoms with van der Waals surface area (Å²) in [6, 6.07) is 0. The van der Waals surface area contributed by atoms with Crippen molar-refractivity contribution < 1.29 is 19.6 Å². The zero-order chi connectivity index (χ0) is 12.3. The average Bonchev–Trinajstić information content (AvgIpc) is 2.66. The maximum Gasteiger partial charge on any atom is 0.333 e. The summed E-state index contributed by atoms with van der Waals surface area (Å²) in [5.41, 5.74) is -1.72. The molecule has 0 aromatic carbocycles. The summed E-state index contributed by atoms with van der Waals surface area (Å²) in [5.74, 6) is -1.17. The number of carboxylic acid groups (broad SMARTS) is 1. The number of nitro groups is 1. The number of methoxy groups -OCH3 is 1. The Kier molecular flexibility index (Phi) is 3.23. The molecule has 0 spiro atoms. The number of rotatable bonds is 5. The molecule has 1 aromatic heterocycles. The third-order valence-corrected chi connectivity index (χ3v) is 2.17. The van der Waals surface area contributed by atoms with Crippen molar-refractivity contribution in [2.24, 2.45) is 0 Å². The molecule has 1 rings (SSSR count). The summed E-state index contributed by atoms with van der Waals surface area (Å²) in [7, 11) is 1.35. The highest BCUT2D eigenvalue weighted by atomic mass is 16.6. The number of nitrogens with zero attached hydrogens (tertiary/aromatic N) is 3. The first-order chi connectivity index (χ1) is 7.41. The molecular formula is C8H11N3O5. The molecule has 0 saturated carbocycles. The lowest BCUT2D eigenvalue weighted by Gasteiger charge is -2.23. The molecule has 0 aliphatic rings. The summed E-state index contributed by atoms with van der Waals surface area (Å²) < 4.78 is 5.79. The van der Waals surface area contributed by atoms with Crippen molar-refractivity contribution in [1.82, 2.24) is 9.78 Å². The number of carboxylic acids is 1. The van der Waals surface area contributed by atoms with E-state index in [0.29, 0.717) is 0 Å². The van der Waals surface area contributed by atoms with Gasteiger partial charge in [0.2, 0.25) is 0 Å². The molecule has 0 amide bonds. The Bertz CT molecular complexity index is 416. The van der Waals surface area contributed by atoms with Gasteiger partial charge < -0.3 is 9.84 Å². The van der Waals surface area contributed by atoms with Crippen LogP contribution >= 0.6 is 0 Å². The quantitative estimate of drug-likeness (QED) is 0.572. The summed E-state index contributed by atoms with van der Waals surface area (Å²) in [4.78, 5) is 20.9. The van der Waals surface area contributed by atoms with E-state index in [4.69, 9.17) is 9.84 Å². The smallest absolute Gasteiger partial charge is 0.333 e. The Balaban J connectivity index is 3.11. The van der Waals surface area contributed by atoms with Gasteiger partial charge in [0, 0.05) is 7.11 Å². The number of hydrogen-bond donors (Lipinski definition) is 1. The van der Waals surface area contributed by atoms with Crippen LogP contribution in [-0.2, 0) is 15.1 Å². The molecule has 1 N–H and O–H groups in total. The van der Waals surface area contributed by atoms with E-state index >= 15 is 0 Å². The van der Waals surface area contributed by atoms with Crippen LogP contribution in [0.2, 0.25) is 0 Å². The molecule has 88 valence electrons. The van der Waals surface area contributed by atoms with Gasteiger partial charge in [0.15, 0.2) is 5.54 Å². The molecule has 0 aliphatic heterocycles. The molecule has 8 nitrogen and oxygen atoms in total. The fourth-order valence-corrected chi connectivity index (χ4v) is 1.18. The van der Waals surface area contributed by atoms with Gasteiger partial charge in [-0.25, -0.2) is 9.48 Å². The molecule has 1 heterocycles. The van der Waals surface area contributed by atoms with Crippen molar-refractivity contribution >= 4 is 11.7 Å². The molecular weight excluding hydrogens is 218 g/mol. The van der Waals surface area contributed by atoms with E-state index in [9.17, 15) is 14.9 Å². The lowest BCUT2D eigenvalue weighted by atomic mass is 10.1. The number of aromatic nitrogens is 2. The van der Waals surface area contributed by atoms with E-state index in [1.165, 1.54) is 14.0 Å². The Hall–Kier alpha value is -1.96. The first-order valence-electron chi connectivity index (χ1n) is 4.33. The van der Waals surface area contributed by atoms with Crippen molar-refractivity contribution in [3.8, 4) is 0 Å². The largest absolute Gasteiger partial charge is 0.479 e. The second-order valence-electron chi connectivity index (χ2n) is 3.41. The molecule has 0 aliphatic carbocycles. The zero-order valence-corrected chi connectivity index (χ0v) is 8.78. The summed E-state index contributed by atoms with van der Waals surface area (Å²) in [5, 5.41) is 23.2. The fourth-order valence-electron chi connectivity index (χ4n) is 1.18. The molecule has 8 heteroatoms. The van der Waals surface area contributed by atoms with Gasteiger partial charge in [0.05, 0.1) is 11.5 Å². The van der Waals surface area contributed by atoms with Gasteiger partial charge in [-0.3, -0.25) is 10.1 Å². The van der Waals surface area contributed by atoms with Crippen LogP contribution in [0.3, 0.4) is 0 Å². The van der Waals surface area contributed by atoms with Gasteiger partial charge in [-0.15, -0.1) is 0 Å². The molecule has 0 saturated heterocycles. The lowest BCUT2D eigenvalue weighted by Crippen LogP contribution is -2.43. The first kappa shape index (κ1) is 12.1. The van der Waals surface area contributed by atoms with Crippen LogP contribution in [0, 0.1) is 10.1 Å². The van der Waals surface area contributed by atoms with Crippen molar-refractivity contribution in [1.29, 1.82) is 0 Å². The number of hydrogen-bond acceptors (Lipinski definition) is 5. The third kappa shape index (κ3) is 2.01. The van der Waals surface area contributed by atoms with Crippen molar-refractivity contribution in [3.05, 3.63) is 22.5 Å². The minimum absolute atomic E-state index is 0.138. The van der Waals surface area contributed by atoms with E-state index in [2.05, 4.69) is 5.10 Å². The predicted molar refractivity (Wildman–Crippen MR) is 52.0 cm³/mol. The summed E-state index contributed by atoms with van der Waals surface area (Å²) >= 11 is 0.